The molecule has 0 radical (unpaired) electrons. The molecule has 4 aliphatic heterocycles. The Bertz CT molecular complexity index is 1770. The van der Waals surface area contributed by atoms with Crippen molar-refractivity contribution in [1.29, 1.82) is 0 Å². The van der Waals surface area contributed by atoms with E-state index in [9.17, 15) is 14.7 Å². The van der Waals surface area contributed by atoms with Crippen molar-refractivity contribution >= 4 is 42.1 Å². The zero-order valence-corrected chi connectivity index (χ0v) is 30.6. The number of hydrogen-bond acceptors (Lipinski definition) is 8. The molecule has 10 nitrogen and oxygen atoms in total. The molecule has 0 unspecified atom stereocenters. The summed E-state index contributed by atoms with van der Waals surface area (Å²) in [5.74, 6) is -1.53. The molecule has 2 aromatic carbocycles. The number of carbonyl (C=O) groups is 2. The van der Waals surface area contributed by atoms with Gasteiger partial charge in [-0.25, -0.2) is 4.58 Å². The average molecular weight is 711 g/mol. The van der Waals surface area contributed by atoms with E-state index >= 15 is 0 Å². The number of fused-ring (bicyclic) bond motifs is 4. The molecule has 5 aliphatic rings. The lowest BCUT2D eigenvalue weighted by atomic mass is 9.86. The average Bonchev–Trinajstić information content (AvgIpc) is 3.10. The number of nitrogens with one attached hydrogen (secondary N) is 1. The van der Waals surface area contributed by atoms with Crippen molar-refractivity contribution in [2.45, 2.75) is 44.2 Å². The number of nitrogens with zero attached hydrogens (tertiary/aromatic N) is 2. The van der Waals surface area contributed by atoms with E-state index in [2.05, 4.69) is 51.2 Å². The van der Waals surface area contributed by atoms with Crippen LogP contribution in [0.5, 0.6) is 0 Å². The number of carbonyl (C=O) groups excluding carboxylic acids is 2. The smallest absolute Gasteiger partial charge is 0.251 e. The van der Waals surface area contributed by atoms with Crippen molar-refractivity contribution < 1.29 is 33.5 Å². The number of nitrogens with two attached hydrogens (primary N) is 1. The Morgan fingerprint density at radius 1 is 0.843 bits per heavy atom. The molecular weight excluding hydrogens is 661 g/mol. The SMILES string of the molecule is NCCOCCOCCOCCNC(=O)c1ccc(C(=O)[O-])c(C2=C3C=CC(=[N+]4CCC4)C=C3[Si]3(CCCCC3)c3cc(N4CCC4)ccc32)c1. The largest absolute Gasteiger partial charge is 0.545 e. The number of carboxylic acids is 1. The first-order valence-corrected chi connectivity index (χ1v) is 21.2. The highest BCUT2D eigenvalue weighted by Gasteiger charge is 2.48. The summed E-state index contributed by atoms with van der Waals surface area (Å²) in [5.41, 5.74) is 12.1. The summed E-state index contributed by atoms with van der Waals surface area (Å²) in [4.78, 5) is 28.7. The Balaban J connectivity index is 1.20. The van der Waals surface area contributed by atoms with Gasteiger partial charge >= 0.3 is 0 Å². The van der Waals surface area contributed by atoms with Gasteiger partial charge in [-0.1, -0.05) is 31.4 Å². The molecule has 1 amide bonds. The number of amides is 1. The normalized spacial score (nSPS) is 18.9. The topological polar surface area (TPSA) is 129 Å². The lowest BCUT2D eigenvalue weighted by molar-refractivity contribution is -0.582. The molecule has 4 heterocycles. The number of carboxylic acid groups (broad SMARTS) is 1. The van der Waals surface area contributed by atoms with Crippen LogP contribution in [0.15, 0.2) is 65.4 Å². The van der Waals surface area contributed by atoms with Gasteiger partial charge in [0.25, 0.3) is 5.91 Å². The minimum Gasteiger partial charge on any atom is -0.545 e. The number of allylic oxidation sites excluding steroid dienone is 5. The molecule has 3 fully saturated rings. The van der Waals surface area contributed by atoms with E-state index in [-0.39, 0.29) is 11.5 Å². The Morgan fingerprint density at radius 2 is 1.59 bits per heavy atom. The predicted octanol–water partition coefficient (Wildman–Crippen LogP) is 2.55. The van der Waals surface area contributed by atoms with Crippen molar-refractivity contribution in [3.63, 3.8) is 0 Å². The molecule has 3 N–H and O–H groups in total. The second-order valence-electron chi connectivity index (χ2n) is 14.1. The van der Waals surface area contributed by atoms with E-state index in [1.165, 1.54) is 72.0 Å². The molecule has 51 heavy (non-hydrogen) atoms. The third-order valence-electron chi connectivity index (χ3n) is 11.0. The fourth-order valence-corrected chi connectivity index (χ4v) is 13.8. The van der Waals surface area contributed by atoms with Crippen molar-refractivity contribution in [1.82, 2.24) is 5.32 Å². The Morgan fingerprint density at radius 3 is 2.25 bits per heavy atom. The first-order valence-electron chi connectivity index (χ1n) is 18.7. The maximum atomic E-state index is 13.5. The lowest BCUT2D eigenvalue weighted by Crippen LogP contribution is -2.56. The lowest BCUT2D eigenvalue weighted by Gasteiger charge is -2.45. The molecule has 0 aromatic heterocycles. The van der Waals surface area contributed by atoms with E-state index in [4.69, 9.17) is 19.9 Å². The summed E-state index contributed by atoms with van der Waals surface area (Å²) in [6.45, 7) is 7.69. The van der Waals surface area contributed by atoms with Crippen LogP contribution in [0.3, 0.4) is 0 Å². The molecule has 11 heteroatoms. The number of anilines is 1. The minimum atomic E-state index is -2.19. The summed E-state index contributed by atoms with van der Waals surface area (Å²) in [5, 5.41) is 18.5. The van der Waals surface area contributed by atoms with Gasteiger partial charge in [-0.3, -0.25) is 4.79 Å². The Labute approximate surface area is 301 Å². The summed E-state index contributed by atoms with van der Waals surface area (Å²) in [7, 11) is -2.19. The number of hydrogen-bond donors (Lipinski definition) is 2. The number of aromatic carboxylic acids is 1. The second kappa shape index (κ2) is 16.2. The summed E-state index contributed by atoms with van der Waals surface area (Å²) >= 11 is 0. The van der Waals surface area contributed by atoms with Gasteiger partial charge in [0.15, 0.2) is 5.71 Å². The third kappa shape index (κ3) is 7.41. The van der Waals surface area contributed by atoms with Gasteiger partial charge in [0.2, 0.25) is 0 Å². The molecule has 0 saturated carbocycles. The second-order valence-corrected chi connectivity index (χ2v) is 18.3. The first kappa shape index (κ1) is 35.5. The van der Waals surface area contributed by atoms with Crippen LogP contribution in [0.4, 0.5) is 5.69 Å². The Hall–Kier alpha value is -3.87. The van der Waals surface area contributed by atoms with E-state index in [1.807, 2.05) is 0 Å². The Kier molecular flexibility index (Phi) is 11.3. The highest BCUT2D eigenvalue weighted by atomic mass is 28.3. The molecule has 270 valence electrons. The highest BCUT2D eigenvalue weighted by Crippen LogP contribution is 2.48. The minimum absolute atomic E-state index is 0.0927. The fraction of sp³-hybridized carbons (Fsp3) is 0.475. The van der Waals surface area contributed by atoms with Crippen LogP contribution in [0.2, 0.25) is 12.1 Å². The van der Waals surface area contributed by atoms with Gasteiger partial charge in [-0.2, -0.15) is 0 Å². The predicted molar refractivity (Wildman–Crippen MR) is 200 cm³/mol. The molecule has 7 rings (SSSR count). The van der Waals surface area contributed by atoms with Gasteiger partial charge < -0.3 is 40.1 Å². The van der Waals surface area contributed by atoms with Gasteiger partial charge in [0.05, 0.1) is 52.0 Å². The molecular formula is C40H50N4O6Si. The van der Waals surface area contributed by atoms with Crippen LogP contribution < -0.4 is 26.2 Å². The third-order valence-corrected chi connectivity index (χ3v) is 16.3. The van der Waals surface area contributed by atoms with Crippen molar-refractivity contribution in [3.8, 4) is 0 Å². The van der Waals surface area contributed by atoms with Crippen LogP contribution in [0.25, 0.3) is 5.57 Å². The molecule has 0 bridgehead atoms. The van der Waals surface area contributed by atoms with Crippen LogP contribution in [0.1, 0.15) is 63.9 Å². The van der Waals surface area contributed by atoms with Gasteiger partial charge in [0, 0.05) is 55.1 Å². The highest BCUT2D eigenvalue weighted by molar-refractivity contribution is 7.00. The standard InChI is InChI=1S/C40H50N4O6Si/c41-12-18-48-20-22-50-23-21-49-19-13-42-39(45)29-6-9-32(40(46)47)35(26-29)38-33-10-7-30(43-14-4-15-43)27-36(33)51(24-2-1-3-25-51)37-28-31(8-11-34(37)38)44-16-5-17-44/h6-11,26-28H,1-5,12-25,41H2,(H-,42,45,46,47). The monoisotopic (exact) mass is 710 g/mol. The molecule has 0 atom stereocenters. The number of ether oxygens (including phenoxy) is 3. The maximum absolute atomic E-state index is 13.5. The maximum Gasteiger partial charge on any atom is 0.251 e. The van der Waals surface area contributed by atoms with Gasteiger partial charge in [-0.15, -0.1) is 0 Å². The zero-order chi connectivity index (χ0) is 35.2. The molecule has 1 aliphatic carbocycles. The number of benzene rings is 2. The van der Waals surface area contributed by atoms with E-state index < -0.39 is 14.0 Å². The summed E-state index contributed by atoms with van der Waals surface area (Å²) in [6.07, 6.45) is 13.0. The van der Waals surface area contributed by atoms with Crippen LogP contribution in [-0.4, -0.2) is 109 Å². The van der Waals surface area contributed by atoms with Crippen molar-refractivity contribution in [2.75, 3.05) is 83.8 Å². The molecule has 2 aromatic rings. The van der Waals surface area contributed by atoms with Crippen LogP contribution in [-0.2, 0) is 14.2 Å². The van der Waals surface area contributed by atoms with E-state index in [0.717, 1.165) is 42.9 Å². The summed E-state index contributed by atoms with van der Waals surface area (Å²) < 4.78 is 18.9. The van der Waals surface area contributed by atoms with Gasteiger partial charge in [0.1, 0.15) is 21.2 Å². The summed E-state index contributed by atoms with van der Waals surface area (Å²) in [6, 6.07) is 14.1. The van der Waals surface area contributed by atoms with E-state index in [0.29, 0.717) is 63.9 Å². The van der Waals surface area contributed by atoms with Crippen molar-refractivity contribution in [2.24, 2.45) is 5.73 Å². The quantitative estimate of drug-likeness (QED) is 0.164. The van der Waals surface area contributed by atoms with Crippen LogP contribution >= 0.6 is 0 Å². The zero-order valence-electron chi connectivity index (χ0n) is 29.6. The first-order chi connectivity index (χ1) is 25.0. The van der Waals surface area contributed by atoms with Crippen LogP contribution in [0, 0.1) is 0 Å². The van der Waals surface area contributed by atoms with E-state index in [1.54, 1.807) is 12.1 Å². The number of rotatable bonds is 15. The molecule has 3 saturated heterocycles. The fourth-order valence-electron chi connectivity index (χ4n) is 8.14. The molecule has 1 spiro atoms. The van der Waals surface area contributed by atoms with Gasteiger partial charge in [-0.05, 0) is 81.5 Å². The van der Waals surface area contributed by atoms with Crippen molar-refractivity contribution in [3.05, 3.63) is 87.6 Å².